The molecule has 1 aliphatic rings. The van der Waals surface area contributed by atoms with Crippen LogP contribution in [0.15, 0.2) is 24.5 Å². The Balaban J connectivity index is 2.12. The van der Waals surface area contributed by atoms with Crippen molar-refractivity contribution in [2.24, 2.45) is 5.84 Å². The van der Waals surface area contributed by atoms with E-state index in [1.807, 2.05) is 24.0 Å². The summed E-state index contributed by atoms with van der Waals surface area (Å²) in [5.41, 5.74) is 4.09. The van der Waals surface area contributed by atoms with Gasteiger partial charge < -0.3 is 0 Å². The molecule has 3 nitrogen and oxygen atoms in total. The normalized spacial score (nSPS) is 23.6. The zero-order valence-electron chi connectivity index (χ0n) is 8.02. The lowest BCUT2D eigenvalue weighted by atomic mass is 10.0. The van der Waals surface area contributed by atoms with Crippen LogP contribution in [0.1, 0.15) is 24.4 Å². The molecule has 4 heteroatoms. The van der Waals surface area contributed by atoms with Gasteiger partial charge >= 0.3 is 0 Å². The molecule has 0 bridgehead atoms. The number of rotatable bonds is 3. The van der Waals surface area contributed by atoms with Crippen molar-refractivity contribution in [3.63, 3.8) is 0 Å². The monoisotopic (exact) mass is 209 g/mol. The Kier molecular flexibility index (Phi) is 3.39. The first-order valence-electron chi connectivity index (χ1n) is 4.89. The highest BCUT2D eigenvalue weighted by Crippen LogP contribution is 2.35. The fourth-order valence-corrected chi connectivity index (χ4v) is 3.24. The van der Waals surface area contributed by atoms with E-state index < -0.39 is 0 Å². The second kappa shape index (κ2) is 4.77. The van der Waals surface area contributed by atoms with Crippen LogP contribution in [0.25, 0.3) is 0 Å². The van der Waals surface area contributed by atoms with Crippen molar-refractivity contribution in [3.05, 3.63) is 30.1 Å². The Bertz CT molecular complexity index is 272. The van der Waals surface area contributed by atoms with Gasteiger partial charge in [-0.05, 0) is 30.2 Å². The summed E-state index contributed by atoms with van der Waals surface area (Å²) in [6.07, 6.45) is 6.23. The van der Waals surface area contributed by atoms with E-state index in [2.05, 4.69) is 16.5 Å². The fraction of sp³-hybridized carbons (Fsp3) is 0.500. The van der Waals surface area contributed by atoms with E-state index in [9.17, 15) is 0 Å². The maximum Gasteiger partial charge on any atom is 0.0593 e. The van der Waals surface area contributed by atoms with Crippen LogP contribution in [-0.2, 0) is 0 Å². The molecule has 2 heterocycles. The van der Waals surface area contributed by atoms with E-state index in [4.69, 9.17) is 5.84 Å². The SMILES string of the molecule is NNC(c1cccnc1)C1CCCS1. The van der Waals surface area contributed by atoms with Gasteiger partial charge in [-0.1, -0.05) is 6.07 Å². The summed E-state index contributed by atoms with van der Waals surface area (Å²) >= 11 is 2.00. The Hall–Kier alpha value is -0.580. The second-order valence-corrected chi connectivity index (χ2v) is 4.83. The van der Waals surface area contributed by atoms with Gasteiger partial charge in [0.05, 0.1) is 6.04 Å². The molecule has 0 radical (unpaired) electrons. The van der Waals surface area contributed by atoms with Crippen molar-refractivity contribution in [2.45, 2.75) is 24.1 Å². The van der Waals surface area contributed by atoms with E-state index in [1.165, 1.54) is 24.2 Å². The standard InChI is InChI=1S/C10H15N3S/c11-13-10(9-4-2-6-14-9)8-3-1-5-12-7-8/h1,3,5,7,9-10,13H,2,4,6,11H2. The van der Waals surface area contributed by atoms with Gasteiger partial charge in [-0.3, -0.25) is 16.3 Å². The first-order valence-corrected chi connectivity index (χ1v) is 5.94. The molecule has 0 aromatic carbocycles. The van der Waals surface area contributed by atoms with Gasteiger partial charge in [0, 0.05) is 17.6 Å². The van der Waals surface area contributed by atoms with Crippen LogP contribution in [0.3, 0.4) is 0 Å². The zero-order valence-corrected chi connectivity index (χ0v) is 8.83. The lowest BCUT2D eigenvalue weighted by molar-refractivity contribution is 0.519. The molecule has 1 aliphatic heterocycles. The summed E-state index contributed by atoms with van der Waals surface area (Å²) in [6.45, 7) is 0. The quantitative estimate of drug-likeness (QED) is 0.585. The molecule has 2 rings (SSSR count). The van der Waals surface area contributed by atoms with Crippen LogP contribution in [-0.4, -0.2) is 16.0 Å². The summed E-state index contributed by atoms with van der Waals surface area (Å²) in [7, 11) is 0. The van der Waals surface area contributed by atoms with E-state index in [0.29, 0.717) is 5.25 Å². The maximum atomic E-state index is 5.59. The van der Waals surface area contributed by atoms with Crippen molar-refractivity contribution in [3.8, 4) is 0 Å². The lowest BCUT2D eigenvalue weighted by Gasteiger charge is -2.21. The molecule has 0 amide bonds. The molecule has 76 valence electrons. The number of thioether (sulfide) groups is 1. The fourth-order valence-electron chi connectivity index (χ4n) is 1.84. The summed E-state index contributed by atoms with van der Waals surface area (Å²) in [5, 5.41) is 0.601. The summed E-state index contributed by atoms with van der Waals surface area (Å²) < 4.78 is 0. The van der Waals surface area contributed by atoms with Crippen LogP contribution < -0.4 is 11.3 Å². The third-order valence-electron chi connectivity index (χ3n) is 2.56. The second-order valence-electron chi connectivity index (χ2n) is 3.48. The predicted molar refractivity (Wildman–Crippen MR) is 59.8 cm³/mol. The van der Waals surface area contributed by atoms with Crippen molar-refractivity contribution >= 4 is 11.8 Å². The number of pyridine rings is 1. The highest BCUT2D eigenvalue weighted by Gasteiger charge is 2.25. The highest BCUT2D eigenvalue weighted by molar-refractivity contribution is 8.00. The number of nitrogens with zero attached hydrogens (tertiary/aromatic N) is 1. The Morgan fingerprint density at radius 3 is 3.14 bits per heavy atom. The Morgan fingerprint density at radius 1 is 1.64 bits per heavy atom. The highest BCUT2D eigenvalue weighted by atomic mass is 32.2. The summed E-state index contributed by atoms with van der Waals surface area (Å²) in [4.78, 5) is 4.12. The van der Waals surface area contributed by atoms with Crippen LogP contribution in [0.2, 0.25) is 0 Å². The lowest BCUT2D eigenvalue weighted by Crippen LogP contribution is -2.34. The van der Waals surface area contributed by atoms with Crippen molar-refractivity contribution in [1.82, 2.24) is 10.4 Å². The number of hydrazine groups is 1. The van der Waals surface area contributed by atoms with Gasteiger partial charge in [-0.2, -0.15) is 11.8 Å². The number of nitrogens with one attached hydrogen (secondary N) is 1. The Labute approximate surface area is 88.5 Å². The van der Waals surface area contributed by atoms with Gasteiger partial charge in [0.25, 0.3) is 0 Å². The van der Waals surface area contributed by atoms with E-state index in [1.54, 1.807) is 6.20 Å². The number of hydrogen-bond donors (Lipinski definition) is 2. The first kappa shape index (κ1) is 9.96. The van der Waals surface area contributed by atoms with E-state index in [0.717, 1.165) is 0 Å². The van der Waals surface area contributed by atoms with Crippen LogP contribution in [0, 0.1) is 0 Å². The molecule has 2 atom stereocenters. The molecule has 0 aliphatic carbocycles. The number of hydrogen-bond acceptors (Lipinski definition) is 4. The van der Waals surface area contributed by atoms with Crippen LogP contribution in [0.4, 0.5) is 0 Å². The zero-order chi connectivity index (χ0) is 9.80. The first-order chi connectivity index (χ1) is 6.92. The molecule has 1 fully saturated rings. The number of nitrogens with two attached hydrogens (primary N) is 1. The minimum absolute atomic E-state index is 0.246. The average Bonchev–Trinajstić information content (AvgIpc) is 2.74. The van der Waals surface area contributed by atoms with Gasteiger partial charge in [-0.25, -0.2) is 0 Å². The third-order valence-corrected chi connectivity index (χ3v) is 4.02. The topological polar surface area (TPSA) is 50.9 Å². The van der Waals surface area contributed by atoms with Crippen molar-refractivity contribution in [2.75, 3.05) is 5.75 Å². The predicted octanol–water partition coefficient (Wildman–Crippen LogP) is 1.48. The van der Waals surface area contributed by atoms with Crippen LogP contribution >= 0.6 is 11.8 Å². The van der Waals surface area contributed by atoms with E-state index >= 15 is 0 Å². The maximum absolute atomic E-state index is 5.59. The molecule has 1 aromatic heterocycles. The minimum atomic E-state index is 0.246. The smallest absolute Gasteiger partial charge is 0.0593 e. The van der Waals surface area contributed by atoms with E-state index in [-0.39, 0.29) is 6.04 Å². The van der Waals surface area contributed by atoms with Crippen molar-refractivity contribution in [1.29, 1.82) is 0 Å². The third kappa shape index (κ3) is 2.08. The largest absolute Gasteiger partial charge is 0.271 e. The average molecular weight is 209 g/mol. The summed E-state index contributed by atoms with van der Waals surface area (Å²) in [6, 6.07) is 4.28. The molecule has 1 saturated heterocycles. The van der Waals surface area contributed by atoms with Gasteiger partial charge in [0.2, 0.25) is 0 Å². The minimum Gasteiger partial charge on any atom is -0.271 e. The summed E-state index contributed by atoms with van der Waals surface area (Å²) in [5.74, 6) is 6.85. The molecule has 0 spiro atoms. The van der Waals surface area contributed by atoms with Gasteiger partial charge in [0.1, 0.15) is 0 Å². The van der Waals surface area contributed by atoms with Gasteiger partial charge in [0.15, 0.2) is 0 Å². The molecule has 1 aromatic rings. The van der Waals surface area contributed by atoms with Crippen LogP contribution in [0.5, 0.6) is 0 Å². The Morgan fingerprint density at radius 2 is 2.57 bits per heavy atom. The molecule has 3 N–H and O–H groups in total. The molecule has 2 unspecified atom stereocenters. The molecule has 14 heavy (non-hydrogen) atoms. The molecular weight excluding hydrogens is 194 g/mol. The number of aromatic nitrogens is 1. The van der Waals surface area contributed by atoms with Gasteiger partial charge in [-0.15, -0.1) is 0 Å². The molecule has 0 saturated carbocycles. The molecular formula is C10H15N3S. The van der Waals surface area contributed by atoms with Crippen molar-refractivity contribution < 1.29 is 0 Å².